The van der Waals surface area contributed by atoms with Crippen molar-refractivity contribution in [3.05, 3.63) is 41.0 Å². The standard InChI is InChI=1S/C51H75N3O7/c1-30(2)41-36(55)28-51(39(56)29-52-43(57)31-11-13-32(14-12-31)54-25-23-53(10)24-26-54)22-21-49(8)33(42(41)51)15-16-38-48(7)19-18-40(47(5,6)37(48)17-20-50(38,49)9)61-45(60)35-27-34(44(58)59)46(35,3)4/h11-14,30,33-35,37-40,56H,15-29H2,1-10H3,(H,52,57)(H,58,59)/t33-,34+,35-,37+,38-,39+,40+,48+,49-,50-,51+/m1/s1. The number of hydrogen-bond donors (Lipinski definition) is 3. The largest absolute Gasteiger partial charge is 0.481 e. The molecule has 1 heterocycles. The molecule has 61 heavy (non-hydrogen) atoms. The Morgan fingerprint density at radius 2 is 1.49 bits per heavy atom. The number of aliphatic carboxylic acids is 1. The average Bonchev–Trinajstić information content (AvgIpc) is 3.51. The predicted molar refractivity (Wildman–Crippen MR) is 237 cm³/mol. The second kappa shape index (κ2) is 15.2. The fourth-order valence-electron chi connectivity index (χ4n) is 15.6. The Balaban J connectivity index is 0.996. The number of carbonyl (C=O) groups excluding carboxylic acids is 3. The van der Waals surface area contributed by atoms with E-state index in [-0.39, 0.29) is 63.8 Å². The number of carboxylic acid groups (broad SMARTS) is 1. The van der Waals surface area contributed by atoms with Crippen molar-refractivity contribution in [2.75, 3.05) is 44.7 Å². The summed E-state index contributed by atoms with van der Waals surface area (Å²) < 4.78 is 6.43. The van der Waals surface area contributed by atoms with Gasteiger partial charge in [0.25, 0.3) is 5.91 Å². The van der Waals surface area contributed by atoms with Gasteiger partial charge in [0.1, 0.15) is 6.10 Å². The number of likely N-dealkylation sites (N-methyl/N-ethyl adjacent to an activating group) is 1. The summed E-state index contributed by atoms with van der Waals surface area (Å²) in [5.41, 5.74) is 2.23. The molecule has 10 heteroatoms. The quantitative estimate of drug-likeness (QED) is 0.211. The summed E-state index contributed by atoms with van der Waals surface area (Å²) in [6, 6.07) is 7.79. The Morgan fingerprint density at radius 3 is 2.11 bits per heavy atom. The number of aliphatic hydroxyl groups excluding tert-OH is 1. The topological polar surface area (TPSA) is 136 Å². The number of amides is 1. The SMILES string of the molecule is CC(C)C1=C2[C@H]3CC[C@@H]4[C@@]5(C)CC[C@H](OC(=O)[C@H]6C[C@@H](C(=O)O)C6(C)C)C(C)(C)[C@@H]5CC[C@@]4(C)[C@]3(C)CC[C@@]2([C@@H](O)CNC(=O)c2ccc(N3CCN(C)CC3)cc2)CC1=O. The third-order valence-corrected chi connectivity index (χ3v) is 19.6. The molecule has 1 saturated heterocycles. The van der Waals surface area contributed by atoms with Crippen molar-refractivity contribution >= 4 is 29.3 Å². The van der Waals surface area contributed by atoms with Crippen LogP contribution in [-0.2, 0) is 19.1 Å². The number of ether oxygens (including phenoxy) is 1. The molecule has 0 spiro atoms. The molecule has 10 nitrogen and oxygen atoms in total. The minimum atomic E-state index is -0.876. The number of carboxylic acids is 1. The molecular formula is C51H75N3O7. The van der Waals surface area contributed by atoms with Crippen LogP contribution in [0.5, 0.6) is 0 Å². The van der Waals surface area contributed by atoms with Crippen molar-refractivity contribution in [1.82, 2.24) is 10.2 Å². The highest BCUT2D eigenvalue weighted by Gasteiger charge is 2.71. The van der Waals surface area contributed by atoms with Gasteiger partial charge in [0, 0.05) is 61.2 Å². The summed E-state index contributed by atoms with van der Waals surface area (Å²) in [7, 11) is 2.14. The summed E-state index contributed by atoms with van der Waals surface area (Å²) in [5, 5.41) is 25.1. The zero-order chi connectivity index (χ0) is 44.2. The van der Waals surface area contributed by atoms with Crippen LogP contribution in [0, 0.1) is 68.0 Å². The molecule has 0 radical (unpaired) electrons. The lowest BCUT2D eigenvalue weighted by atomic mass is 9.33. The van der Waals surface area contributed by atoms with Crippen LogP contribution in [0.4, 0.5) is 5.69 Å². The molecule has 1 aromatic carbocycles. The van der Waals surface area contributed by atoms with Crippen LogP contribution in [-0.4, -0.2) is 90.7 Å². The molecule has 1 aromatic rings. The number of hydrogen-bond acceptors (Lipinski definition) is 8. The van der Waals surface area contributed by atoms with Gasteiger partial charge in [0.2, 0.25) is 0 Å². The molecular weight excluding hydrogens is 767 g/mol. The van der Waals surface area contributed by atoms with E-state index in [0.717, 1.165) is 88.8 Å². The number of nitrogens with zero attached hydrogens (tertiary/aromatic N) is 2. The van der Waals surface area contributed by atoms with Gasteiger partial charge in [0.05, 0.1) is 17.9 Å². The minimum Gasteiger partial charge on any atom is -0.481 e. The van der Waals surface area contributed by atoms with Crippen LogP contribution >= 0.6 is 0 Å². The Bertz CT molecular complexity index is 1960. The lowest BCUT2D eigenvalue weighted by Gasteiger charge is -2.72. The van der Waals surface area contributed by atoms with Crippen LogP contribution in [0.15, 0.2) is 35.4 Å². The molecule has 7 aliphatic rings. The van der Waals surface area contributed by atoms with Crippen molar-refractivity contribution in [2.45, 2.75) is 139 Å². The molecule has 0 aromatic heterocycles. The number of fused-ring (bicyclic) bond motifs is 7. The van der Waals surface area contributed by atoms with Gasteiger partial charge >= 0.3 is 11.9 Å². The summed E-state index contributed by atoms with van der Waals surface area (Å²) in [5.74, 6) is -0.994. The number of Topliss-reactive ketones (excluding diaryl/α,β-unsaturated/α-hetero) is 1. The van der Waals surface area contributed by atoms with Gasteiger partial charge in [-0.25, -0.2) is 0 Å². The summed E-state index contributed by atoms with van der Waals surface area (Å²) >= 11 is 0. The highest BCUT2D eigenvalue weighted by Crippen LogP contribution is 2.77. The number of aliphatic hydroxyl groups is 1. The van der Waals surface area contributed by atoms with Crippen LogP contribution < -0.4 is 10.2 Å². The molecule has 1 aliphatic heterocycles. The zero-order valence-corrected chi connectivity index (χ0v) is 38.9. The molecule has 336 valence electrons. The first-order chi connectivity index (χ1) is 28.5. The number of carbonyl (C=O) groups is 4. The molecule has 11 atom stereocenters. The maximum Gasteiger partial charge on any atom is 0.309 e. The second-order valence-corrected chi connectivity index (χ2v) is 23.2. The van der Waals surface area contributed by atoms with Gasteiger partial charge in [0.15, 0.2) is 5.78 Å². The van der Waals surface area contributed by atoms with E-state index in [4.69, 9.17) is 4.74 Å². The lowest BCUT2D eigenvalue weighted by Crippen LogP contribution is -2.66. The van der Waals surface area contributed by atoms with Gasteiger partial charge in [-0.3, -0.25) is 19.2 Å². The van der Waals surface area contributed by atoms with Gasteiger partial charge in [-0.05, 0) is 140 Å². The van der Waals surface area contributed by atoms with Crippen LogP contribution in [0.2, 0.25) is 0 Å². The Labute approximate surface area is 365 Å². The van der Waals surface area contributed by atoms with Gasteiger partial charge in [-0.2, -0.15) is 0 Å². The molecule has 6 fully saturated rings. The van der Waals surface area contributed by atoms with Gasteiger partial charge in [-0.15, -0.1) is 0 Å². The van der Waals surface area contributed by atoms with Crippen LogP contribution in [0.3, 0.4) is 0 Å². The fourth-order valence-corrected chi connectivity index (χ4v) is 15.6. The maximum absolute atomic E-state index is 14.2. The molecule has 3 N–H and O–H groups in total. The van der Waals surface area contributed by atoms with E-state index in [9.17, 15) is 29.4 Å². The van der Waals surface area contributed by atoms with Crippen molar-refractivity contribution in [1.29, 1.82) is 0 Å². The normalized spacial score (nSPS) is 39.6. The van der Waals surface area contributed by atoms with E-state index >= 15 is 0 Å². The van der Waals surface area contributed by atoms with Crippen LogP contribution in [0.1, 0.15) is 137 Å². The number of anilines is 1. The summed E-state index contributed by atoms with van der Waals surface area (Å²) in [6.07, 6.45) is 7.09. The highest BCUT2D eigenvalue weighted by atomic mass is 16.5. The molecule has 8 rings (SSSR count). The van der Waals surface area contributed by atoms with E-state index in [2.05, 4.69) is 70.6 Å². The number of esters is 1. The van der Waals surface area contributed by atoms with E-state index in [1.807, 2.05) is 38.1 Å². The third-order valence-electron chi connectivity index (χ3n) is 19.6. The number of benzene rings is 1. The van der Waals surface area contributed by atoms with Crippen molar-refractivity contribution in [3.8, 4) is 0 Å². The minimum absolute atomic E-state index is 0.00486. The molecule has 0 bridgehead atoms. The van der Waals surface area contributed by atoms with E-state index in [1.165, 1.54) is 5.57 Å². The smallest absolute Gasteiger partial charge is 0.309 e. The Hall–Kier alpha value is -3.24. The highest BCUT2D eigenvalue weighted by molar-refractivity contribution is 6.01. The third kappa shape index (κ3) is 6.67. The Kier molecular flexibility index (Phi) is 11.1. The summed E-state index contributed by atoms with van der Waals surface area (Å²) in [6.45, 7) is 24.3. The number of nitrogens with one attached hydrogen (secondary N) is 1. The first kappa shape index (κ1) is 44.4. The Morgan fingerprint density at radius 1 is 0.820 bits per heavy atom. The van der Waals surface area contributed by atoms with Crippen molar-refractivity contribution < 1.29 is 34.1 Å². The molecule has 0 unspecified atom stereocenters. The van der Waals surface area contributed by atoms with Crippen molar-refractivity contribution in [3.63, 3.8) is 0 Å². The zero-order valence-electron chi connectivity index (χ0n) is 38.9. The van der Waals surface area contributed by atoms with Gasteiger partial charge < -0.3 is 30.1 Å². The van der Waals surface area contributed by atoms with Crippen molar-refractivity contribution in [2.24, 2.45) is 68.0 Å². The van der Waals surface area contributed by atoms with E-state index in [1.54, 1.807) is 0 Å². The number of piperazine rings is 1. The van der Waals surface area contributed by atoms with Gasteiger partial charge in [-0.1, -0.05) is 67.9 Å². The number of rotatable bonds is 9. The maximum atomic E-state index is 14.2. The van der Waals surface area contributed by atoms with E-state index in [0.29, 0.717) is 30.2 Å². The number of allylic oxidation sites excluding steroid dienone is 1. The van der Waals surface area contributed by atoms with Crippen LogP contribution in [0.25, 0.3) is 0 Å². The molecule has 6 aliphatic carbocycles. The molecule has 1 amide bonds. The number of ketones is 1. The second-order valence-electron chi connectivity index (χ2n) is 23.2. The fraction of sp³-hybridized carbons (Fsp3) is 0.765. The molecule has 5 saturated carbocycles. The predicted octanol–water partition coefficient (Wildman–Crippen LogP) is 8.17. The lowest BCUT2D eigenvalue weighted by molar-refractivity contribution is -0.238. The summed E-state index contributed by atoms with van der Waals surface area (Å²) in [4.78, 5) is 57.9. The first-order valence-electron chi connectivity index (χ1n) is 23.7. The monoisotopic (exact) mass is 842 g/mol. The van der Waals surface area contributed by atoms with E-state index < -0.39 is 34.7 Å². The first-order valence-corrected chi connectivity index (χ1v) is 23.7. The average molecular weight is 842 g/mol.